The standard InChI is InChI=1S/C19H16Cl2N2O5/c1-3-19(26,15-12(20)8-22-9-13(15)21)18(25)23-17(24)11-4-5-14(27-2)16-10(11)6-7-28-16/h4-9,26H,3H2,1-2H3,(H,23,24,25). The molecule has 0 saturated heterocycles. The largest absolute Gasteiger partial charge is 0.493 e. The van der Waals surface area contributed by atoms with Crippen LogP contribution in [-0.4, -0.2) is 29.0 Å². The fourth-order valence-electron chi connectivity index (χ4n) is 2.93. The first-order valence-corrected chi connectivity index (χ1v) is 9.01. The summed E-state index contributed by atoms with van der Waals surface area (Å²) in [5.74, 6) is -1.22. The Balaban J connectivity index is 1.96. The first-order valence-electron chi connectivity index (χ1n) is 8.25. The maximum Gasteiger partial charge on any atom is 0.263 e. The molecule has 7 nitrogen and oxygen atoms in total. The summed E-state index contributed by atoms with van der Waals surface area (Å²) in [5, 5.41) is 13.7. The molecule has 1 atom stereocenters. The van der Waals surface area contributed by atoms with Crippen molar-refractivity contribution >= 4 is 46.0 Å². The van der Waals surface area contributed by atoms with Gasteiger partial charge < -0.3 is 14.3 Å². The summed E-state index contributed by atoms with van der Waals surface area (Å²) in [6.45, 7) is 1.57. The van der Waals surface area contributed by atoms with Gasteiger partial charge in [-0.25, -0.2) is 0 Å². The van der Waals surface area contributed by atoms with E-state index >= 15 is 0 Å². The van der Waals surface area contributed by atoms with Crippen molar-refractivity contribution in [3.05, 3.63) is 58.0 Å². The van der Waals surface area contributed by atoms with Crippen LogP contribution in [-0.2, 0) is 10.4 Å². The first kappa shape index (κ1) is 20.1. The molecule has 0 bridgehead atoms. The van der Waals surface area contributed by atoms with Crippen molar-refractivity contribution in [2.24, 2.45) is 0 Å². The van der Waals surface area contributed by atoms with Gasteiger partial charge in [0.1, 0.15) is 0 Å². The third-order valence-electron chi connectivity index (χ3n) is 4.43. The van der Waals surface area contributed by atoms with Crippen molar-refractivity contribution in [3.63, 3.8) is 0 Å². The number of hydrogen-bond acceptors (Lipinski definition) is 6. The number of hydrogen-bond donors (Lipinski definition) is 2. The quantitative estimate of drug-likeness (QED) is 0.649. The molecule has 2 heterocycles. The predicted molar refractivity (Wildman–Crippen MR) is 104 cm³/mol. The lowest BCUT2D eigenvalue weighted by atomic mass is 9.90. The van der Waals surface area contributed by atoms with Crippen LogP contribution < -0.4 is 10.1 Å². The molecule has 28 heavy (non-hydrogen) atoms. The average molecular weight is 423 g/mol. The lowest BCUT2D eigenvalue weighted by molar-refractivity contribution is -0.140. The fourth-order valence-corrected chi connectivity index (χ4v) is 3.60. The Labute approximate surface area is 170 Å². The first-order chi connectivity index (χ1) is 13.3. The second-order valence-corrected chi connectivity index (χ2v) is 6.77. The summed E-state index contributed by atoms with van der Waals surface area (Å²) in [5.41, 5.74) is -1.58. The molecule has 9 heteroatoms. The van der Waals surface area contributed by atoms with Crippen LogP contribution in [0.15, 0.2) is 41.3 Å². The number of amides is 2. The summed E-state index contributed by atoms with van der Waals surface area (Å²) in [4.78, 5) is 29.3. The molecular formula is C19H16Cl2N2O5. The van der Waals surface area contributed by atoms with Gasteiger partial charge in [-0.15, -0.1) is 0 Å². The fraction of sp³-hybridized carbons (Fsp3) is 0.211. The van der Waals surface area contributed by atoms with Gasteiger partial charge in [-0.2, -0.15) is 0 Å². The Morgan fingerprint density at radius 1 is 1.25 bits per heavy atom. The smallest absolute Gasteiger partial charge is 0.263 e. The molecule has 0 spiro atoms. The van der Waals surface area contributed by atoms with Crippen LogP contribution in [0.25, 0.3) is 11.0 Å². The van der Waals surface area contributed by atoms with Crippen LogP contribution in [0.4, 0.5) is 0 Å². The molecule has 1 unspecified atom stereocenters. The molecule has 2 aromatic heterocycles. The van der Waals surface area contributed by atoms with Crippen LogP contribution in [0.1, 0.15) is 29.3 Å². The van der Waals surface area contributed by atoms with Gasteiger partial charge in [-0.1, -0.05) is 30.1 Å². The molecule has 0 saturated carbocycles. The van der Waals surface area contributed by atoms with Gasteiger partial charge in [-0.05, 0) is 24.6 Å². The number of fused-ring (bicyclic) bond motifs is 1. The lowest BCUT2D eigenvalue weighted by Crippen LogP contribution is -2.47. The van der Waals surface area contributed by atoms with Crippen molar-refractivity contribution in [3.8, 4) is 5.75 Å². The zero-order valence-corrected chi connectivity index (χ0v) is 16.5. The van der Waals surface area contributed by atoms with Crippen molar-refractivity contribution < 1.29 is 23.8 Å². The number of nitrogens with zero attached hydrogens (tertiary/aromatic N) is 1. The minimum atomic E-state index is -2.12. The molecule has 2 N–H and O–H groups in total. The molecule has 146 valence electrons. The number of halogens is 2. The minimum absolute atomic E-state index is 0.0122. The topological polar surface area (TPSA) is 102 Å². The van der Waals surface area contributed by atoms with E-state index in [-0.39, 0.29) is 27.6 Å². The monoisotopic (exact) mass is 422 g/mol. The average Bonchev–Trinajstić information content (AvgIpc) is 3.16. The Bertz CT molecular complexity index is 1050. The van der Waals surface area contributed by atoms with Crippen LogP contribution in [0, 0.1) is 0 Å². The SMILES string of the molecule is CCC(O)(C(=O)NC(=O)c1ccc(OC)c2occc12)c1c(Cl)cncc1Cl. The highest BCUT2D eigenvalue weighted by Gasteiger charge is 2.41. The normalized spacial score (nSPS) is 13.2. The lowest BCUT2D eigenvalue weighted by Gasteiger charge is -2.27. The number of ether oxygens (including phenoxy) is 1. The van der Waals surface area contributed by atoms with E-state index in [0.29, 0.717) is 16.7 Å². The summed E-state index contributed by atoms with van der Waals surface area (Å²) in [6.07, 6.45) is 3.86. The van der Waals surface area contributed by atoms with E-state index in [9.17, 15) is 14.7 Å². The van der Waals surface area contributed by atoms with Gasteiger partial charge in [0.25, 0.3) is 11.8 Å². The van der Waals surface area contributed by atoms with Gasteiger partial charge in [0, 0.05) is 23.3 Å². The third kappa shape index (κ3) is 3.32. The molecule has 0 radical (unpaired) electrons. The van der Waals surface area contributed by atoms with Crippen molar-refractivity contribution in [2.75, 3.05) is 7.11 Å². The number of imide groups is 1. The number of aliphatic hydroxyl groups is 1. The molecule has 3 rings (SSSR count). The number of pyridine rings is 1. The van der Waals surface area contributed by atoms with Crippen LogP contribution >= 0.6 is 23.2 Å². The molecule has 2 amide bonds. The summed E-state index contributed by atoms with van der Waals surface area (Å²) >= 11 is 12.2. The van der Waals surface area contributed by atoms with Crippen LogP contribution in [0.3, 0.4) is 0 Å². The number of benzene rings is 1. The van der Waals surface area contributed by atoms with E-state index < -0.39 is 17.4 Å². The Morgan fingerprint density at radius 2 is 1.93 bits per heavy atom. The second-order valence-electron chi connectivity index (χ2n) is 5.95. The van der Waals surface area contributed by atoms with Crippen molar-refractivity contribution in [1.82, 2.24) is 10.3 Å². The van der Waals surface area contributed by atoms with E-state index in [1.807, 2.05) is 0 Å². The molecule has 0 aliphatic carbocycles. The molecule has 1 aromatic carbocycles. The van der Waals surface area contributed by atoms with Crippen molar-refractivity contribution in [1.29, 1.82) is 0 Å². The highest BCUT2D eigenvalue weighted by Crippen LogP contribution is 2.36. The van der Waals surface area contributed by atoms with Gasteiger partial charge in [-0.3, -0.25) is 19.9 Å². The summed E-state index contributed by atoms with van der Waals surface area (Å²) in [6, 6.07) is 4.63. The van der Waals surface area contributed by atoms with E-state index in [1.54, 1.807) is 19.1 Å². The predicted octanol–water partition coefficient (Wildman–Crippen LogP) is 3.70. The van der Waals surface area contributed by atoms with E-state index in [1.165, 1.54) is 31.8 Å². The van der Waals surface area contributed by atoms with Crippen LogP contribution in [0.5, 0.6) is 5.75 Å². The number of carbonyl (C=O) groups is 2. The molecule has 0 aliphatic heterocycles. The summed E-state index contributed by atoms with van der Waals surface area (Å²) < 4.78 is 10.5. The van der Waals surface area contributed by atoms with E-state index in [0.717, 1.165) is 0 Å². The minimum Gasteiger partial charge on any atom is -0.493 e. The Morgan fingerprint density at radius 3 is 2.54 bits per heavy atom. The van der Waals surface area contributed by atoms with Crippen LogP contribution in [0.2, 0.25) is 10.0 Å². The Hall–Kier alpha value is -2.61. The number of nitrogens with one attached hydrogen (secondary N) is 1. The number of furan rings is 1. The van der Waals surface area contributed by atoms with Gasteiger partial charge in [0.2, 0.25) is 0 Å². The number of methoxy groups -OCH3 is 1. The summed E-state index contributed by atoms with van der Waals surface area (Å²) in [7, 11) is 1.48. The van der Waals surface area contributed by atoms with Gasteiger partial charge >= 0.3 is 0 Å². The number of rotatable bonds is 5. The zero-order chi connectivity index (χ0) is 20.5. The maximum absolute atomic E-state index is 12.8. The third-order valence-corrected chi connectivity index (χ3v) is 5.00. The molecule has 0 fully saturated rings. The maximum atomic E-state index is 12.8. The van der Waals surface area contributed by atoms with Gasteiger partial charge in [0.15, 0.2) is 16.9 Å². The highest BCUT2D eigenvalue weighted by atomic mass is 35.5. The van der Waals surface area contributed by atoms with Crippen molar-refractivity contribution in [2.45, 2.75) is 18.9 Å². The number of carbonyl (C=O) groups excluding carboxylic acids is 2. The van der Waals surface area contributed by atoms with E-state index in [2.05, 4.69) is 10.3 Å². The van der Waals surface area contributed by atoms with Gasteiger partial charge in [0.05, 0.1) is 29.0 Å². The Kier molecular flexibility index (Phi) is 5.60. The molecule has 0 aliphatic rings. The molecular weight excluding hydrogens is 407 g/mol. The number of aromatic nitrogens is 1. The second kappa shape index (κ2) is 7.79. The zero-order valence-electron chi connectivity index (χ0n) is 15.0. The highest BCUT2D eigenvalue weighted by molar-refractivity contribution is 6.36. The molecule has 3 aromatic rings. The van der Waals surface area contributed by atoms with E-state index in [4.69, 9.17) is 32.4 Å².